The van der Waals surface area contributed by atoms with E-state index in [1.54, 1.807) is 24.3 Å². The van der Waals surface area contributed by atoms with Gasteiger partial charge in [-0.2, -0.15) is 9.78 Å². The van der Waals surface area contributed by atoms with Crippen LogP contribution in [0.2, 0.25) is 5.02 Å². The molecule has 5 aromatic rings. The van der Waals surface area contributed by atoms with Crippen molar-refractivity contribution in [3.05, 3.63) is 93.5 Å². The Balaban J connectivity index is 1.86. The predicted octanol–water partition coefficient (Wildman–Crippen LogP) is 6.66. The fourth-order valence-electron chi connectivity index (χ4n) is 3.73. The molecular formula is C24H15BrClN3O. The Kier molecular flexibility index (Phi) is 4.65. The Morgan fingerprint density at radius 2 is 1.73 bits per heavy atom. The molecule has 3 aromatic carbocycles. The monoisotopic (exact) mass is 475 g/mol. The van der Waals surface area contributed by atoms with Gasteiger partial charge in [-0.1, -0.05) is 57.9 Å². The maximum absolute atomic E-state index is 13.2. The number of rotatable bonds is 2. The summed E-state index contributed by atoms with van der Waals surface area (Å²) in [6.45, 7) is 1.91. The van der Waals surface area contributed by atoms with Crippen LogP contribution >= 0.6 is 27.5 Å². The molecule has 146 valence electrons. The van der Waals surface area contributed by atoms with Gasteiger partial charge < -0.3 is 0 Å². The second kappa shape index (κ2) is 7.35. The van der Waals surface area contributed by atoms with Crippen LogP contribution < -0.4 is 0 Å². The maximum atomic E-state index is 13.2. The van der Waals surface area contributed by atoms with E-state index in [1.165, 1.54) is 4.68 Å². The summed E-state index contributed by atoms with van der Waals surface area (Å²) in [5.41, 5.74) is 4.66. The third kappa shape index (κ3) is 3.11. The van der Waals surface area contributed by atoms with Crippen LogP contribution in [0.4, 0.5) is 0 Å². The van der Waals surface area contributed by atoms with E-state index < -0.39 is 0 Å². The Bertz CT molecular complexity index is 1430. The Morgan fingerprint density at radius 3 is 2.47 bits per heavy atom. The van der Waals surface area contributed by atoms with Crippen LogP contribution in [0.3, 0.4) is 0 Å². The largest absolute Gasteiger partial charge is 0.280 e. The fraction of sp³-hybridized carbons (Fsp3) is 0.0417. The molecule has 0 bridgehead atoms. The van der Waals surface area contributed by atoms with Crippen molar-refractivity contribution < 1.29 is 4.79 Å². The second-order valence-electron chi connectivity index (χ2n) is 7.02. The van der Waals surface area contributed by atoms with Crippen LogP contribution in [0.15, 0.2) is 77.3 Å². The van der Waals surface area contributed by atoms with E-state index in [1.807, 2.05) is 37.3 Å². The highest BCUT2D eigenvalue weighted by Crippen LogP contribution is 2.37. The topological polar surface area (TPSA) is 47.8 Å². The Labute approximate surface area is 186 Å². The van der Waals surface area contributed by atoms with Gasteiger partial charge in [0, 0.05) is 26.0 Å². The first kappa shape index (κ1) is 19.0. The molecule has 30 heavy (non-hydrogen) atoms. The predicted molar refractivity (Wildman–Crippen MR) is 124 cm³/mol. The normalized spacial score (nSPS) is 11.3. The lowest BCUT2D eigenvalue weighted by Crippen LogP contribution is -2.14. The molecule has 0 aliphatic heterocycles. The molecule has 2 aromatic heterocycles. The third-order valence-corrected chi connectivity index (χ3v) is 5.83. The molecule has 4 nitrogen and oxygen atoms in total. The molecule has 0 saturated carbocycles. The highest BCUT2D eigenvalue weighted by molar-refractivity contribution is 9.10. The summed E-state index contributed by atoms with van der Waals surface area (Å²) in [7, 11) is 0. The minimum Gasteiger partial charge on any atom is -0.267 e. The quantitative estimate of drug-likeness (QED) is 0.286. The third-order valence-electron chi connectivity index (χ3n) is 5.09. The van der Waals surface area contributed by atoms with Crippen molar-refractivity contribution in [3.8, 4) is 11.1 Å². The molecule has 0 atom stereocenters. The van der Waals surface area contributed by atoms with Crippen LogP contribution in [-0.4, -0.2) is 20.7 Å². The summed E-state index contributed by atoms with van der Waals surface area (Å²) in [5.74, 6) is -0.243. The van der Waals surface area contributed by atoms with Gasteiger partial charge in [0.2, 0.25) is 0 Å². The zero-order chi connectivity index (χ0) is 20.8. The van der Waals surface area contributed by atoms with Crippen molar-refractivity contribution in [2.75, 3.05) is 0 Å². The van der Waals surface area contributed by atoms with E-state index in [-0.39, 0.29) is 5.91 Å². The first-order valence-corrected chi connectivity index (χ1v) is 10.5. The summed E-state index contributed by atoms with van der Waals surface area (Å²) in [6, 6.07) is 22.9. The number of hydrogen-bond donors (Lipinski definition) is 0. The van der Waals surface area contributed by atoms with Crippen LogP contribution in [0.5, 0.6) is 0 Å². The van der Waals surface area contributed by atoms with Crippen molar-refractivity contribution >= 4 is 55.4 Å². The number of hydrogen-bond acceptors (Lipinski definition) is 3. The molecule has 0 aliphatic carbocycles. The highest BCUT2D eigenvalue weighted by atomic mass is 79.9. The molecule has 0 fully saturated rings. The van der Waals surface area contributed by atoms with E-state index in [0.717, 1.165) is 37.6 Å². The van der Waals surface area contributed by atoms with Crippen LogP contribution in [0.25, 0.3) is 33.1 Å². The average molecular weight is 477 g/mol. The van der Waals surface area contributed by atoms with Crippen molar-refractivity contribution in [3.63, 3.8) is 0 Å². The zero-order valence-electron chi connectivity index (χ0n) is 15.9. The van der Waals surface area contributed by atoms with Gasteiger partial charge in [-0.15, -0.1) is 0 Å². The second-order valence-corrected chi connectivity index (χ2v) is 8.37. The maximum Gasteiger partial charge on any atom is 0.280 e. The van der Waals surface area contributed by atoms with Gasteiger partial charge in [-0.05, 0) is 55.0 Å². The van der Waals surface area contributed by atoms with E-state index >= 15 is 0 Å². The van der Waals surface area contributed by atoms with Crippen LogP contribution in [0, 0.1) is 6.92 Å². The molecule has 0 amide bonds. The summed E-state index contributed by atoms with van der Waals surface area (Å²) in [6.07, 6.45) is 0. The average Bonchev–Trinajstić information content (AvgIpc) is 3.09. The van der Waals surface area contributed by atoms with Gasteiger partial charge in [-0.25, -0.2) is 4.98 Å². The lowest BCUT2D eigenvalue weighted by Gasteiger charge is -2.10. The molecule has 0 spiro atoms. The number of benzene rings is 3. The first-order chi connectivity index (χ1) is 14.5. The van der Waals surface area contributed by atoms with E-state index in [2.05, 4.69) is 39.2 Å². The fourth-order valence-corrected chi connectivity index (χ4v) is 4.21. The van der Waals surface area contributed by atoms with Crippen molar-refractivity contribution in [1.29, 1.82) is 0 Å². The van der Waals surface area contributed by atoms with Crippen molar-refractivity contribution in [1.82, 2.24) is 14.8 Å². The highest BCUT2D eigenvalue weighted by Gasteiger charge is 2.22. The number of fused-ring (bicyclic) bond motifs is 2. The van der Waals surface area contributed by atoms with E-state index in [4.69, 9.17) is 16.6 Å². The van der Waals surface area contributed by atoms with Crippen LogP contribution in [0.1, 0.15) is 16.1 Å². The number of carbonyl (C=O) groups excluding carboxylic acids is 1. The standard InChI is InChI=1S/C24H15BrClN3O/c1-14-21-22(15-5-3-2-4-6-15)19-13-17(25)9-12-20(19)27-23(21)29(28-14)24(30)16-7-10-18(26)11-8-16/h2-13H,1H3. The number of nitrogens with zero attached hydrogens (tertiary/aromatic N) is 3. The number of carbonyl (C=O) groups is 1. The van der Waals surface area contributed by atoms with Crippen LogP contribution in [-0.2, 0) is 0 Å². The Morgan fingerprint density at radius 1 is 1.00 bits per heavy atom. The van der Waals surface area contributed by atoms with Crippen molar-refractivity contribution in [2.24, 2.45) is 0 Å². The molecule has 0 N–H and O–H groups in total. The summed E-state index contributed by atoms with van der Waals surface area (Å²) < 4.78 is 2.36. The zero-order valence-corrected chi connectivity index (χ0v) is 18.3. The molecule has 5 rings (SSSR count). The van der Waals surface area contributed by atoms with E-state index in [9.17, 15) is 4.79 Å². The number of aryl methyl sites for hydroxylation is 1. The molecule has 6 heteroatoms. The SMILES string of the molecule is Cc1nn(C(=O)c2ccc(Cl)cc2)c2nc3ccc(Br)cc3c(-c3ccccc3)c12. The van der Waals surface area contributed by atoms with Gasteiger partial charge in [0.05, 0.1) is 16.6 Å². The lowest BCUT2D eigenvalue weighted by atomic mass is 9.97. The van der Waals surface area contributed by atoms with Gasteiger partial charge in [-0.3, -0.25) is 4.79 Å². The molecule has 0 aliphatic rings. The summed E-state index contributed by atoms with van der Waals surface area (Å²) in [4.78, 5) is 18.1. The number of halogens is 2. The van der Waals surface area contributed by atoms with Gasteiger partial charge >= 0.3 is 0 Å². The molecule has 2 heterocycles. The molecule has 0 unspecified atom stereocenters. The molecule has 0 radical (unpaired) electrons. The number of pyridine rings is 1. The molecule has 0 saturated heterocycles. The lowest BCUT2D eigenvalue weighted by molar-refractivity contribution is 0.0949. The number of aromatic nitrogens is 3. The van der Waals surface area contributed by atoms with E-state index in [0.29, 0.717) is 16.2 Å². The smallest absolute Gasteiger partial charge is 0.267 e. The minimum absolute atomic E-state index is 0.243. The summed E-state index contributed by atoms with van der Waals surface area (Å²) >= 11 is 9.55. The van der Waals surface area contributed by atoms with Crippen molar-refractivity contribution in [2.45, 2.75) is 6.92 Å². The minimum atomic E-state index is -0.243. The molecular weight excluding hydrogens is 462 g/mol. The Hall–Kier alpha value is -3.02. The summed E-state index contributed by atoms with van der Waals surface area (Å²) in [5, 5.41) is 7.03. The van der Waals surface area contributed by atoms with Gasteiger partial charge in [0.15, 0.2) is 5.65 Å². The van der Waals surface area contributed by atoms with Gasteiger partial charge in [0.25, 0.3) is 5.91 Å². The van der Waals surface area contributed by atoms with Gasteiger partial charge in [0.1, 0.15) is 0 Å². The first-order valence-electron chi connectivity index (χ1n) is 9.37.